The van der Waals surface area contributed by atoms with Gasteiger partial charge in [-0.1, -0.05) is 30.7 Å². The molecule has 1 saturated carbocycles. The molecule has 1 aromatic carbocycles. The number of rotatable bonds is 8. The molecule has 1 fully saturated rings. The first-order valence-corrected chi connectivity index (χ1v) is 10.1. The zero-order valence-corrected chi connectivity index (χ0v) is 18.0. The Kier molecular flexibility index (Phi) is 9.15. The summed E-state index contributed by atoms with van der Waals surface area (Å²) < 4.78 is 26.4. The smallest absolute Gasteiger partial charge is 0.216 e. The molecule has 8 heteroatoms. The average Bonchev–Trinajstić information content (AvgIpc) is 2.43. The zero-order chi connectivity index (χ0) is 17.6. The van der Waals surface area contributed by atoms with Gasteiger partial charge in [-0.2, -0.15) is 0 Å². The van der Waals surface area contributed by atoms with Crippen LogP contribution in [0.3, 0.4) is 0 Å². The molecule has 0 saturated heterocycles. The third-order valence-electron chi connectivity index (χ3n) is 4.02. The Morgan fingerprint density at radius 2 is 1.84 bits per heavy atom. The maximum absolute atomic E-state index is 11.9. The van der Waals surface area contributed by atoms with E-state index < -0.39 is 10.0 Å². The van der Waals surface area contributed by atoms with Crippen molar-refractivity contribution in [2.45, 2.75) is 51.4 Å². The lowest BCUT2D eigenvalue weighted by molar-refractivity contribution is 0.315. The van der Waals surface area contributed by atoms with E-state index in [1.54, 1.807) is 0 Å². The van der Waals surface area contributed by atoms with Crippen molar-refractivity contribution >= 4 is 40.0 Å². The van der Waals surface area contributed by atoms with Gasteiger partial charge in [0.2, 0.25) is 10.0 Å². The quantitative estimate of drug-likeness (QED) is 0.302. The van der Waals surface area contributed by atoms with Crippen LogP contribution in [-0.4, -0.2) is 27.0 Å². The summed E-state index contributed by atoms with van der Waals surface area (Å²) in [5.41, 5.74) is 7.62. The molecule has 0 aromatic heterocycles. The van der Waals surface area contributed by atoms with Gasteiger partial charge in [-0.05, 0) is 43.7 Å². The van der Waals surface area contributed by atoms with E-state index in [4.69, 9.17) is 5.73 Å². The minimum absolute atomic E-state index is 0. The Bertz CT molecular complexity index is 656. The van der Waals surface area contributed by atoms with Gasteiger partial charge in [0.05, 0.1) is 12.3 Å². The second-order valence-corrected chi connectivity index (χ2v) is 8.48. The highest BCUT2D eigenvalue weighted by atomic mass is 127. The van der Waals surface area contributed by atoms with Gasteiger partial charge in [0.15, 0.2) is 5.96 Å². The van der Waals surface area contributed by atoms with Crippen molar-refractivity contribution < 1.29 is 8.42 Å². The second-order valence-electron chi connectivity index (χ2n) is 6.73. The van der Waals surface area contributed by atoms with Gasteiger partial charge >= 0.3 is 0 Å². The SMILES string of the molecule is CC(C)NS(=O)(=O)Cc1ccc(CN=C(N)NCC2CCC2)cc1.I. The van der Waals surface area contributed by atoms with Crippen LogP contribution in [0.15, 0.2) is 29.3 Å². The molecule has 1 aromatic rings. The van der Waals surface area contributed by atoms with Crippen LogP contribution < -0.4 is 15.8 Å². The predicted octanol–water partition coefficient (Wildman–Crippen LogP) is 2.34. The van der Waals surface area contributed by atoms with Crippen LogP contribution >= 0.6 is 24.0 Å². The van der Waals surface area contributed by atoms with E-state index in [9.17, 15) is 8.42 Å². The van der Waals surface area contributed by atoms with Crippen molar-refractivity contribution in [1.82, 2.24) is 10.0 Å². The van der Waals surface area contributed by atoms with Gasteiger partial charge in [-0.25, -0.2) is 18.1 Å². The minimum atomic E-state index is -3.29. The molecule has 0 heterocycles. The lowest BCUT2D eigenvalue weighted by Gasteiger charge is -2.25. The lowest BCUT2D eigenvalue weighted by Crippen LogP contribution is -2.37. The Balaban J connectivity index is 0.00000312. The number of nitrogens with zero attached hydrogens (tertiary/aromatic N) is 1. The third kappa shape index (κ3) is 8.37. The monoisotopic (exact) mass is 480 g/mol. The van der Waals surface area contributed by atoms with Gasteiger partial charge in [0.1, 0.15) is 0 Å². The number of hydrogen-bond acceptors (Lipinski definition) is 3. The molecule has 0 bridgehead atoms. The van der Waals surface area contributed by atoms with Crippen LogP contribution in [-0.2, 0) is 22.3 Å². The summed E-state index contributed by atoms with van der Waals surface area (Å²) in [7, 11) is -3.29. The van der Waals surface area contributed by atoms with Crippen LogP contribution in [0.4, 0.5) is 0 Å². The Morgan fingerprint density at radius 1 is 1.24 bits per heavy atom. The highest BCUT2D eigenvalue weighted by Gasteiger charge is 2.16. The van der Waals surface area contributed by atoms with Crippen molar-refractivity contribution in [3.8, 4) is 0 Å². The fourth-order valence-electron chi connectivity index (χ4n) is 2.54. The number of benzene rings is 1. The molecule has 142 valence electrons. The van der Waals surface area contributed by atoms with Gasteiger partial charge < -0.3 is 11.1 Å². The van der Waals surface area contributed by atoms with Gasteiger partial charge in [-0.15, -0.1) is 24.0 Å². The predicted molar refractivity (Wildman–Crippen MR) is 113 cm³/mol. The Morgan fingerprint density at radius 3 is 2.36 bits per heavy atom. The molecule has 0 amide bonds. The van der Waals surface area contributed by atoms with E-state index in [1.165, 1.54) is 19.3 Å². The van der Waals surface area contributed by atoms with Crippen molar-refractivity contribution in [2.24, 2.45) is 16.6 Å². The molecule has 0 aliphatic heterocycles. The van der Waals surface area contributed by atoms with Crippen LogP contribution in [0.25, 0.3) is 0 Å². The number of nitrogens with two attached hydrogens (primary N) is 1. The highest BCUT2D eigenvalue weighted by Crippen LogP contribution is 2.24. The zero-order valence-electron chi connectivity index (χ0n) is 14.9. The number of halogens is 1. The van der Waals surface area contributed by atoms with E-state index in [2.05, 4.69) is 15.0 Å². The van der Waals surface area contributed by atoms with Crippen molar-refractivity contribution in [3.05, 3.63) is 35.4 Å². The summed E-state index contributed by atoms with van der Waals surface area (Å²) in [5, 5.41) is 3.16. The first-order valence-electron chi connectivity index (χ1n) is 8.45. The largest absolute Gasteiger partial charge is 0.370 e. The van der Waals surface area contributed by atoms with E-state index >= 15 is 0 Å². The summed E-state index contributed by atoms with van der Waals surface area (Å²) in [6, 6.07) is 7.33. The van der Waals surface area contributed by atoms with E-state index in [1.807, 2.05) is 38.1 Å². The number of sulfonamides is 1. The molecule has 0 atom stereocenters. The Labute approximate surface area is 168 Å². The van der Waals surface area contributed by atoms with E-state index in [0.29, 0.717) is 12.5 Å². The van der Waals surface area contributed by atoms with Crippen molar-refractivity contribution in [1.29, 1.82) is 0 Å². The fourth-order valence-corrected chi connectivity index (χ4v) is 3.97. The fraction of sp³-hybridized carbons (Fsp3) is 0.588. The minimum Gasteiger partial charge on any atom is -0.370 e. The van der Waals surface area contributed by atoms with Gasteiger partial charge in [-0.3, -0.25) is 0 Å². The number of nitrogens with one attached hydrogen (secondary N) is 2. The maximum atomic E-state index is 11.9. The summed E-state index contributed by atoms with van der Waals surface area (Å²) in [6.07, 6.45) is 3.87. The Hall–Kier alpha value is -0.870. The molecular weight excluding hydrogens is 451 g/mol. The van der Waals surface area contributed by atoms with Crippen LogP contribution in [0.1, 0.15) is 44.2 Å². The number of hydrogen-bond donors (Lipinski definition) is 3. The summed E-state index contributed by atoms with van der Waals surface area (Å²) in [5.74, 6) is 1.19. The molecule has 0 unspecified atom stereocenters. The summed E-state index contributed by atoms with van der Waals surface area (Å²) in [6.45, 7) is 5.00. The topological polar surface area (TPSA) is 96.6 Å². The van der Waals surface area contributed by atoms with Crippen LogP contribution in [0.2, 0.25) is 0 Å². The van der Waals surface area contributed by atoms with Crippen LogP contribution in [0.5, 0.6) is 0 Å². The third-order valence-corrected chi connectivity index (χ3v) is 5.57. The van der Waals surface area contributed by atoms with E-state index in [0.717, 1.165) is 23.6 Å². The van der Waals surface area contributed by atoms with Crippen molar-refractivity contribution in [3.63, 3.8) is 0 Å². The van der Waals surface area contributed by atoms with Gasteiger partial charge in [0.25, 0.3) is 0 Å². The van der Waals surface area contributed by atoms with Crippen molar-refractivity contribution in [2.75, 3.05) is 6.54 Å². The molecule has 1 aliphatic carbocycles. The maximum Gasteiger partial charge on any atom is 0.216 e. The average molecular weight is 480 g/mol. The van der Waals surface area contributed by atoms with E-state index in [-0.39, 0.29) is 35.8 Å². The number of guanidine groups is 1. The standard InChI is InChI=1S/C17H28N4O2S.HI/c1-13(2)21-24(22,23)12-16-8-6-15(7-9-16)11-20-17(18)19-10-14-4-3-5-14;/h6-9,13-14,21H,3-5,10-12H2,1-2H3,(H3,18,19,20);1H. The molecule has 25 heavy (non-hydrogen) atoms. The second kappa shape index (κ2) is 10.3. The molecule has 0 radical (unpaired) electrons. The molecular formula is C17H29IN4O2S. The van der Waals surface area contributed by atoms with Gasteiger partial charge in [0, 0.05) is 12.6 Å². The number of aliphatic imine (C=N–C) groups is 1. The van der Waals surface area contributed by atoms with Crippen LogP contribution in [0, 0.1) is 5.92 Å². The normalized spacial score (nSPS) is 15.6. The lowest BCUT2D eigenvalue weighted by atomic mass is 9.85. The molecule has 6 nitrogen and oxygen atoms in total. The first kappa shape index (κ1) is 22.2. The molecule has 2 rings (SSSR count). The molecule has 1 aliphatic rings. The molecule has 0 spiro atoms. The molecule has 4 N–H and O–H groups in total. The highest BCUT2D eigenvalue weighted by molar-refractivity contribution is 14.0. The summed E-state index contributed by atoms with van der Waals surface area (Å²) in [4.78, 5) is 4.32. The first-order chi connectivity index (χ1) is 11.3. The summed E-state index contributed by atoms with van der Waals surface area (Å²) >= 11 is 0.